The fourth-order valence-electron chi connectivity index (χ4n) is 4.17. The van der Waals surface area contributed by atoms with Gasteiger partial charge in [0.15, 0.2) is 0 Å². The molecule has 3 aliphatic rings. The molecule has 0 fully saturated rings. The van der Waals surface area contributed by atoms with Crippen LogP contribution in [-0.4, -0.2) is 39.2 Å². The molecular formula is C21H16N2O5S. The standard InChI is InChI=1S/C21H16N2O5S/c1-2-29(26,27)28-12-13-11-22-16-9-5-3-7-14(16)20(24)18(22)19-21(25)15-8-4-6-10-17(15)23(13)19/h2-10,13H,1,11-12H2. The third kappa shape index (κ3) is 2.49. The molecule has 0 aliphatic carbocycles. The molecule has 5 rings (SSSR count). The highest BCUT2D eigenvalue weighted by atomic mass is 32.2. The summed E-state index contributed by atoms with van der Waals surface area (Å²) in [4.78, 5) is 29.9. The molecule has 2 aromatic carbocycles. The van der Waals surface area contributed by atoms with E-state index in [1.807, 2.05) is 12.1 Å². The highest BCUT2D eigenvalue weighted by molar-refractivity contribution is 7.89. The fourth-order valence-corrected chi connectivity index (χ4v) is 4.61. The van der Waals surface area contributed by atoms with Crippen molar-refractivity contribution >= 4 is 33.1 Å². The van der Waals surface area contributed by atoms with Crippen molar-refractivity contribution in [2.75, 3.05) is 23.0 Å². The zero-order valence-corrected chi connectivity index (χ0v) is 16.1. The molecule has 1 unspecified atom stereocenters. The number of nitrogens with zero attached hydrogens (tertiary/aromatic N) is 2. The molecule has 1 atom stereocenters. The fraction of sp³-hybridized carbons (Fsp3) is 0.143. The molecule has 3 heterocycles. The highest BCUT2D eigenvalue weighted by Gasteiger charge is 2.49. The second-order valence-electron chi connectivity index (χ2n) is 6.97. The second kappa shape index (κ2) is 6.13. The van der Waals surface area contributed by atoms with Crippen LogP contribution in [0.1, 0.15) is 20.7 Å². The Hall–Kier alpha value is -3.23. The molecule has 0 bridgehead atoms. The van der Waals surface area contributed by atoms with E-state index in [0.29, 0.717) is 34.7 Å². The molecular weight excluding hydrogens is 392 g/mol. The van der Waals surface area contributed by atoms with E-state index in [0.717, 1.165) is 5.41 Å². The van der Waals surface area contributed by atoms with Crippen LogP contribution in [0.25, 0.3) is 0 Å². The van der Waals surface area contributed by atoms with Gasteiger partial charge in [0, 0.05) is 17.7 Å². The topological polar surface area (TPSA) is 84.0 Å². The van der Waals surface area contributed by atoms with Crippen LogP contribution < -0.4 is 9.80 Å². The van der Waals surface area contributed by atoms with Crippen molar-refractivity contribution in [1.29, 1.82) is 0 Å². The lowest BCUT2D eigenvalue weighted by molar-refractivity contribution is 0.1000. The smallest absolute Gasteiger partial charge is 0.289 e. The molecule has 146 valence electrons. The van der Waals surface area contributed by atoms with E-state index < -0.39 is 16.2 Å². The predicted octanol–water partition coefficient (Wildman–Crippen LogP) is 2.48. The minimum atomic E-state index is -3.88. The van der Waals surface area contributed by atoms with Crippen LogP contribution in [0.2, 0.25) is 0 Å². The molecule has 8 heteroatoms. The number of Topliss-reactive ketones (excluding diaryl/α,β-unsaturated/α-hetero) is 2. The highest BCUT2D eigenvalue weighted by Crippen LogP contribution is 2.46. The van der Waals surface area contributed by atoms with Gasteiger partial charge in [-0.2, -0.15) is 8.42 Å². The van der Waals surface area contributed by atoms with Crippen LogP contribution in [0.4, 0.5) is 11.4 Å². The van der Waals surface area contributed by atoms with E-state index in [1.54, 1.807) is 46.2 Å². The van der Waals surface area contributed by atoms with Gasteiger partial charge in [0.25, 0.3) is 10.1 Å². The molecule has 0 radical (unpaired) electrons. The summed E-state index contributed by atoms with van der Waals surface area (Å²) >= 11 is 0. The van der Waals surface area contributed by atoms with Crippen molar-refractivity contribution < 1.29 is 22.2 Å². The van der Waals surface area contributed by atoms with E-state index in [9.17, 15) is 18.0 Å². The Morgan fingerprint density at radius 1 is 0.966 bits per heavy atom. The first-order chi connectivity index (χ1) is 13.9. The first-order valence-electron chi connectivity index (χ1n) is 9.03. The van der Waals surface area contributed by atoms with Gasteiger partial charge < -0.3 is 9.80 Å². The number of allylic oxidation sites excluding steroid dienone is 2. The maximum atomic E-state index is 13.2. The van der Waals surface area contributed by atoms with Crippen LogP contribution in [0.3, 0.4) is 0 Å². The van der Waals surface area contributed by atoms with Crippen molar-refractivity contribution in [2.24, 2.45) is 0 Å². The Labute approximate surface area is 167 Å². The van der Waals surface area contributed by atoms with Crippen LogP contribution >= 0.6 is 0 Å². The summed E-state index contributed by atoms with van der Waals surface area (Å²) in [6.07, 6.45) is 0. The van der Waals surface area contributed by atoms with Crippen molar-refractivity contribution in [2.45, 2.75) is 6.04 Å². The van der Waals surface area contributed by atoms with Crippen LogP contribution in [0.5, 0.6) is 0 Å². The van der Waals surface area contributed by atoms with E-state index in [4.69, 9.17) is 4.18 Å². The molecule has 3 aliphatic heterocycles. The van der Waals surface area contributed by atoms with Crippen molar-refractivity contribution in [1.82, 2.24) is 0 Å². The van der Waals surface area contributed by atoms with Gasteiger partial charge in [-0.25, -0.2) is 0 Å². The van der Waals surface area contributed by atoms with Gasteiger partial charge in [0.1, 0.15) is 11.4 Å². The molecule has 29 heavy (non-hydrogen) atoms. The number of carbonyl (C=O) groups is 2. The van der Waals surface area contributed by atoms with Crippen LogP contribution in [0, 0.1) is 0 Å². The Kier molecular flexibility index (Phi) is 3.77. The monoisotopic (exact) mass is 408 g/mol. The van der Waals surface area contributed by atoms with Gasteiger partial charge in [-0.3, -0.25) is 13.8 Å². The second-order valence-corrected chi connectivity index (χ2v) is 8.52. The summed E-state index contributed by atoms with van der Waals surface area (Å²) < 4.78 is 28.7. The first-order valence-corrected chi connectivity index (χ1v) is 10.5. The minimum absolute atomic E-state index is 0.181. The number of ketones is 2. The lowest BCUT2D eigenvalue weighted by Crippen LogP contribution is -2.51. The average molecular weight is 408 g/mol. The molecule has 0 amide bonds. The van der Waals surface area contributed by atoms with Crippen LogP contribution in [0.15, 0.2) is 71.9 Å². The van der Waals surface area contributed by atoms with Gasteiger partial charge in [-0.15, -0.1) is 0 Å². The van der Waals surface area contributed by atoms with Crippen LogP contribution in [-0.2, 0) is 14.3 Å². The third-order valence-electron chi connectivity index (χ3n) is 5.40. The van der Waals surface area contributed by atoms with Gasteiger partial charge in [-0.1, -0.05) is 30.8 Å². The number of anilines is 2. The molecule has 2 aromatic rings. The summed E-state index contributed by atoms with van der Waals surface area (Å²) in [5.41, 5.74) is 2.96. The van der Waals surface area contributed by atoms with Crippen molar-refractivity contribution in [3.05, 3.63) is 83.0 Å². The van der Waals surface area contributed by atoms with Gasteiger partial charge in [0.2, 0.25) is 11.6 Å². The number of fused-ring (bicyclic) bond motifs is 6. The minimum Gasteiger partial charge on any atom is -0.334 e. The van der Waals surface area contributed by atoms with E-state index in [1.165, 1.54) is 0 Å². The third-order valence-corrected chi connectivity index (χ3v) is 6.27. The van der Waals surface area contributed by atoms with Crippen molar-refractivity contribution in [3.63, 3.8) is 0 Å². The van der Waals surface area contributed by atoms with Gasteiger partial charge in [0.05, 0.1) is 29.4 Å². The predicted molar refractivity (Wildman–Crippen MR) is 107 cm³/mol. The SMILES string of the molecule is C=CS(=O)(=O)OCC1CN2C(=C3C(=O)c4ccccc4N31)C(=O)c1ccccc12. The Balaban J connectivity index is 1.68. The van der Waals surface area contributed by atoms with Gasteiger partial charge >= 0.3 is 0 Å². The first kappa shape index (κ1) is 17.8. The summed E-state index contributed by atoms with van der Waals surface area (Å²) in [7, 11) is -3.88. The summed E-state index contributed by atoms with van der Waals surface area (Å²) in [5, 5.41) is 0.746. The average Bonchev–Trinajstić information content (AvgIpc) is 3.19. The summed E-state index contributed by atoms with van der Waals surface area (Å²) in [6, 6.07) is 13.7. The van der Waals surface area contributed by atoms with E-state index in [-0.39, 0.29) is 23.9 Å². The summed E-state index contributed by atoms with van der Waals surface area (Å²) in [5.74, 6) is -0.460. The molecule has 0 saturated carbocycles. The molecule has 7 nitrogen and oxygen atoms in total. The number of rotatable bonds is 4. The molecule has 0 saturated heterocycles. The lowest BCUT2D eigenvalue weighted by Gasteiger charge is -2.39. The van der Waals surface area contributed by atoms with E-state index >= 15 is 0 Å². The van der Waals surface area contributed by atoms with Crippen molar-refractivity contribution in [3.8, 4) is 0 Å². The summed E-state index contributed by atoms with van der Waals surface area (Å²) in [6.45, 7) is 3.38. The zero-order chi connectivity index (χ0) is 20.3. The number of hydrogen-bond donors (Lipinski definition) is 0. The molecule has 0 N–H and O–H groups in total. The number of benzene rings is 2. The maximum absolute atomic E-state index is 13.2. The number of carbonyl (C=O) groups excluding carboxylic acids is 2. The van der Waals surface area contributed by atoms with Gasteiger partial charge in [-0.05, 0) is 24.3 Å². The Bertz CT molecular complexity index is 1230. The largest absolute Gasteiger partial charge is 0.334 e. The Morgan fingerprint density at radius 3 is 2.24 bits per heavy atom. The maximum Gasteiger partial charge on any atom is 0.289 e. The number of para-hydroxylation sites is 2. The quantitative estimate of drug-likeness (QED) is 0.719. The Morgan fingerprint density at radius 2 is 1.55 bits per heavy atom. The molecule has 0 aromatic heterocycles. The number of hydrogen-bond acceptors (Lipinski definition) is 7. The normalized spacial score (nSPS) is 19.8. The lowest BCUT2D eigenvalue weighted by atomic mass is 10.1. The molecule has 0 spiro atoms. The zero-order valence-electron chi connectivity index (χ0n) is 15.2. The van der Waals surface area contributed by atoms with E-state index in [2.05, 4.69) is 6.58 Å².